The Balaban J connectivity index is 1.47. The van der Waals surface area contributed by atoms with Crippen molar-refractivity contribution in [2.24, 2.45) is 11.8 Å². The maximum atomic E-state index is 12.4. The van der Waals surface area contributed by atoms with Gasteiger partial charge in [0.05, 0.1) is 6.04 Å². The Kier molecular flexibility index (Phi) is 3.57. The molecule has 1 aliphatic carbocycles. The van der Waals surface area contributed by atoms with Gasteiger partial charge in [0.25, 0.3) is 0 Å². The van der Waals surface area contributed by atoms with Gasteiger partial charge in [0.15, 0.2) is 0 Å². The molecule has 1 saturated carbocycles. The van der Waals surface area contributed by atoms with Crippen LogP contribution in [0.5, 0.6) is 0 Å². The molecular formula is C14H25N3O. The highest BCUT2D eigenvalue weighted by Crippen LogP contribution is 2.30. The summed E-state index contributed by atoms with van der Waals surface area (Å²) in [4.78, 5) is 17.0. The van der Waals surface area contributed by atoms with E-state index in [2.05, 4.69) is 22.0 Å². The van der Waals surface area contributed by atoms with Crippen LogP contribution in [0, 0.1) is 11.8 Å². The van der Waals surface area contributed by atoms with Crippen LogP contribution in [-0.2, 0) is 4.79 Å². The molecule has 1 amide bonds. The van der Waals surface area contributed by atoms with Crippen molar-refractivity contribution in [2.75, 3.05) is 39.3 Å². The van der Waals surface area contributed by atoms with E-state index in [4.69, 9.17) is 0 Å². The zero-order chi connectivity index (χ0) is 12.5. The van der Waals surface area contributed by atoms with E-state index < -0.39 is 0 Å². The third-order valence-electron chi connectivity index (χ3n) is 4.70. The second-order valence-electron chi connectivity index (χ2n) is 6.27. The molecule has 102 valence electrons. The molecule has 3 rings (SSSR count). The van der Waals surface area contributed by atoms with Gasteiger partial charge in [0.2, 0.25) is 5.91 Å². The topological polar surface area (TPSA) is 35.6 Å². The Morgan fingerprint density at radius 1 is 1.17 bits per heavy atom. The fourth-order valence-electron chi connectivity index (χ4n) is 3.18. The van der Waals surface area contributed by atoms with Crippen molar-refractivity contribution in [1.82, 2.24) is 15.1 Å². The van der Waals surface area contributed by atoms with Crippen molar-refractivity contribution in [3.05, 3.63) is 0 Å². The van der Waals surface area contributed by atoms with Crippen LogP contribution in [0.1, 0.15) is 26.2 Å². The molecule has 18 heavy (non-hydrogen) atoms. The summed E-state index contributed by atoms with van der Waals surface area (Å²) >= 11 is 0. The monoisotopic (exact) mass is 251 g/mol. The van der Waals surface area contributed by atoms with Gasteiger partial charge in [-0.2, -0.15) is 0 Å². The first kappa shape index (κ1) is 12.4. The van der Waals surface area contributed by atoms with Crippen molar-refractivity contribution in [1.29, 1.82) is 0 Å². The van der Waals surface area contributed by atoms with Crippen molar-refractivity contribution in [2.45, 2.75) is 32.2 Å². The van der Waals surface area contributed by atoms with Gasteiger partial charge in [0, 0.05) is 32.7 Å². The molecule has 4 heteroatoms. The molecule has 4 nitrogen and oxygen atoms in total. The highest BCUT2D eigenvalue weighted by atomic mass is 16.2. The maximum absolute atomic E-state index is 12.4. The molecule has 0 aromatic rings. The molecule has 2 heterocycles. The molecule has 0 aromatic carbocycles. The number of hydrogen-bond donors (Lipinski definition) is 1. The van der Waals surface area contributed by atoms with E-state index in [9.17, 15) is 4.79 Å². The minimum atomic E-state index is 0.0833. The number of carbonyl (C=O) groups is 1. The molecule has 0 bridgehead atoms. The summed E-state index contributed by atoms with van der Waals surface area (Å²) in [5.74, 6) is 1.80. The van der Waals surface area contributed by atoms with E-state index in [1.807, 2.05) is 0 Å². The van der Waals surface area contributed by atoms with Gasteiger partial charge in [-0.25, -0.2) is 0 Å². The lowest BCUT2D eigenvalue weighted by atomic mass is 10.0. The van der Waals surface area contributed by atoms with Gasteiger partial charge in [-0.15, -0.1) is 0 Å². The Morgan fingerprint density at radius 3 is 2.44 bits per heavy atom. The number of carbonyl (C=O) groups excluding carboxylic acids is 1. The van der Waals surface area contributed by atoms with Gasteiger partial charge in [-0.05, 0) is 37.6 Å². The zero-order valence-corrected chi connectivity index (χ0v) is 11.4. The highest BCUT2D eigenvalue weighted by Gasteiger charge is 2.34. The number of hydrogen-bond acceptors (Lipinski definition) is 3. The van der Waals surface area contributed by atoms with Crippen LogP contribution >= 0.6 is 0 Å². The van der Waals surface area contributed by atoms with Gasteiger partial charge >= 0.3 is 0 Å². The maximum Gasteiger partial charge on any atom is 0.240 e. The van der Waals surface area contributed by atoms with Gasteiger partial charge < -0.3 is 10.2 Å². The third kappa shape index (κ3) is 2.69. The molecule has 2 unspecified atom stereocenters. The van der Waals surface area contributed by atoms with Gasteiger partial charge in [0.1, 0.15) is 0 Å². The summed E-state index contributed by atoms with van der Waals surface area (Å²) in [6.45, 7) is 8.45. The predicted molar refractivity (Wildman–Crippen MR) is 71.3 cm³/mol. The van der Waals surface area contributed by atoms with Crippen LogP contribution < -0.4 is 5.32 Å². The number of nitrogens with zero attached hydrogens (tertiary/aromatic N) is 2. The van der Waals surface area contributed by atoms with Crippen LogP contribution in [0.4, 0.5) is 0 Å². The Bertz CT molecular complexity index is 308. The Hall–Kier alpha value is -0.610. The molecule has 2 aliphatic heterocycles. The average Bonchev–Trinajstić information content (AvgIpc) is 3.09. The lowest BCUT2D eigenvalue weighted by Gasteiger charge is -2.36. The minimum Gasteiger partial charge on any atom is -0.339 e. The molecule has 3 fully saturated rings. The first-order chi connectivity index (χ1) is 8.74. The van der Waals surface area contributed by atoms with E-state index >= 15 is 0 Å². The fourth-order valence-corrected chi connectivity index (χ4v) is 3.18. The first-order valence-electron chi connectivity index (χ1n) is 7.48. The van der Waals surface area contributed by atoms with Crippen molar-refractivity contribution in [3.8, 4) is 0 Å². The normalized spacial score (nSPS) is 33.9. The van der Waals surface area contributed by atoms with E-state index in [0.29, 0.717) is 11.8 Å². The number of piperazine rings is 1. The average molecular weight is 251 g/mol. The fraction of sp³-hybridized carbons (Fsp3) is 0.929. The van der Waals surface area contributed by atoms with Crippen molar-refractivity contribution in [3.63, 3.8) is 0 Å². The number of nitrogens with one attached hydrogen (secondary N) is 1. The van der Waals surface area contributed by atoms with E-state index in [1.54, 1.807) is 0 Å². The van der Waals surface area contributed by atoms with Crippen LogP contribution in [-0.4, -0.2) is 61.0 Å². The van der Waals surface area contributed by atoms with Gasteiger partial charge in [-0.1, -0.05) is 6.92 Å². The van der Waals surface area contributed by atoms with Crippen molar-refractivity contribution >= 4 is 5.91 Å². The smallest absolute Gasteiger partial charge is 0.240 e. The Morgan fingerprint density at radius 2 is 1.89 bits per heavy atom. The third-order valence-corrected chi connectivity index (χ3v) is 4.70. The number of rotatable bonds is 3. The molecule has 2 atom stereocenters. The quantitative estimate of drug-likeness (QED) is 0.795. The molecule has 0 spiro atoms. The zero-order valence-electron chi connectivity index (χ0n) is 11.4. The van der Waals surface area contributed by atoms with Crippen molar-refractivity contribution < 1.29 is 4.79 Å². The first-order valence-corrected chi connectivity index (χ1v) is 7.48. The summed E-state index contributed by atoms with van der Waals surface area (Å²) in [5.41, 5.74) is 0. The lowest BCUT2D eigenvalue weighted by molar-refractivity contribution is -0.135. The molecule has 3 aliphatic rings. The minimum absolute atomic E-state index is 0.0833. The second kappa shape index (κ2) is 5.17. The highest BCUT2D eigenvalue weighted by molar-refractivity contribution is 5.82. The molecule has 2 saturated heterocycles. The SMILES string of the molecule is CC1CCNC1C(=O)N1CCN(CC2CC2)CC1. The van der Waals surface area contributed by atoms with E-state index in [1.165, 1.54) is 19.4 Å². The molecule has 0 radical (unpaired) electrons. The summed E-state index contributed by atoms with van der Waals surface area (Å²) in [5, 5.41) is 3.35. The summed E-state index contributed by atoms with van der Waals surface area (Å²) in [6, 6.07) is 0.0833. The summed E-state index contributed by atoms with van der Waals surface area (Å²) in [7, 11) is 0. The Labute approximate surface area is 110 Å². The lowest BCUT2D eigenvalue weighted by Crippen LogP contribution is -2.54. The summed E-state index contributed by atoms with van der Waals surface area (Å²) < 4.78 is 0. The molecule has 0 aromatic heterocycles. The second-order valence-corrected chi connectivity index (χ2v) is 6.27. The standard InChI is InChI=1S/C14H25N3O/c1-11-4-5-15-13(11)14(18)17-8-6-16(7-9-17)10-12-2-3-12/h11-13,15H,2-10H2,1H3. The van der Waals surface area contributed by atoms with E-state index in [0.717, 1.165) is 45.1 Å². The largest absolute Gasteiger partial charge is 0.339 e. The summed E-state index contributed by atoms with van der Waals surface area (Å²) in [6.07, 6.45) is 3.98. The predicted octanol–water partition coefficient (Wildman–Crippen LogP) is 0.539. The van der Waals surface area contributed by atoms with Crippen LogP contribution in [0.2, 0.25) is 0 Å². The molecular weight excluding hydrogens is 226 g/mol. The van der Waals surface area contributed by atoms with Crippen LogP contribution in [0.15, 0.2) is 0 Å². The van der Waals surface area contributed by atoms with Crippen LogP contribution in [0.3, 0.4) is 0 Å². The van der Waals surface area contributed by atoms with E-state index in [-0.39, 0.29) is 6.04 Å². The van der Waals surface area contributed by atoms with Crippen LogP contribution in [0.25, 0.3) is 0 Å². The molecule has 1 N–H and O–H groups in total. The number of amides is 1. The van der Waals surface area contributed by atoms with Gasteiger partial charge in [-0.3, -0.25) is 9.69 Å².